The van der Waals surface area contributed by atoms with Crippen molar-refractivity contribution in [2.24, 2.45) is 0 Å². The first-order valence-corrected chi connectivity index (χ1v) is 11.3. The molecular weight excluding hydrogens is 418 g/mol. The van der Waals surface area contributed by atoms with Gasteiger partial charge < -0.3 is 4.90 Å². The van der Waals surface area contributed by atoms with Crippen molar-refractivity contribution in [3.63, 3.8) is 0 Å². The molecule has 5 nitrogen and oxygen atoms in total. The summed E-state index contributed by atoms with van der Waals surface area (Å²) >= 11 is 7.35. The molecule has 1 atom stereocenters. The molecule has 5 rings (SSSR count). The molecule has 0 radical (unpaired) electrons. The minimum Gasteiger partial charge on any atom is -0.312 e. The Morgan fingerprint density at radius 3 is 2.73 bits per heavy atom. The second-order valence-corrected chi connectivity index (χ2v) is 9.12. The molecule has 0 bridgehead atoms. The quantitative estimate of drug-likeness (QED) is 0.623. The van der Waals surface area contributed by atoms with Gasteiger partial charge in [0.25, 0.3) is 5.91 Å². The summed E-state index contributed by atoms with van der Waals surface area (Å²) in [6.07, 6.45) is 3.57. The number of carbonyl (C=O) groups excluding carboxylic acids is 2. The van der Waals surface area contributed by atoms with Crippen LogP contribution in [-0.2, 0) is 17.6 Å². The van der Waals surface area contributed by atoms with Crippen LogP contribution in [0.25, 0.3) is 0 Å². The summed E-state index contributed by atoms with van der Waals surface area (Å²) < 4.78 is 0. The number of aromatic nitrogens is 1. The molecule has 0 saturated heterocycles. The van der Waals surface area contributed by atoms with E-state index in [2.05, 4.69) is 16.4 Å². The molecule has 0 fully saturated rings. The molecule has 1 unspecified atom stereocenters. The number of hydrogen-bond acceptors (Lipinski definition) is 4. The Morgan fingerprint density at radius 1 is 1.10 bits per heavy atom. The highest BCUT2D eigenvalue weighted by molar-refractivity contribution is 7.16. The van der Waals surface area contributed by atoms with Crippen LogP contribution in [0.15, 0.2) is 48.5 Å². The molecule has 30 heavy (non-hydrogen) atoms. The highest BCUT2D eigenvalue weighted by atomic mass is 35.5. The lowest BCUT2D eigenvalue weighted by atomic mass is 9.98. The number of benzene rings is 2. The molecule has 2 aliphatic rings. The van der Waals surface area contributed by atoms with Gasteiger partial charge in [-0.15, -0.1) is 11.3 Å². The number of halogens is 1. The number of para-hydroxylation sites is 1. The third-order valence-electron chi connectivity index (χ3n) is 5.72. The predicted molar refractivity (Wildman–Crippen MR) is 120 cm³/mol. The number of hydrogen-bond donors (Lipinski definition) is 1. The number of nitrogens with one attached hydrogen (secondary N) is 1. The maximum absolute atomic E-state index is 13.4. The average Bonchev–Trinajstić information content (AvgIpc) is 3.33. The van der Waals surface area contributed by atoms with E-state index in [-0.39, 0.29) is 17.7 Å². The standard InChI is InChI=1S/C23H20ClN3O2S/c24-16-9-7-15(8-10-16)21(28)26-23-25-20-17(11-12-19(20)30-23)22(29)27-13-3-5-14-4-1-2-6-18(14)27/h1-2,4,6-10,17H,3,5,11-13H2,(H,25,26,28). The van der Waals surface area contributed by atoms with E-state index in [1.54, 1.807) is 24.3 Å². The predicted octanol–water partition coefficient (Wildman–Crippen LogP) is 5.06. The zero-order valence-electron chi connectivity index (χ0n) is 16.2. The molecule has 3 aromatic rings. The number of rotatable bonds is 3. The van der Waals surface area contributed by atoms with Crippen molar-refractivity contribution in [2.45, 2.75) is 31.6 Å². The van der Waals surface area contributed by atoms with Crippen molar-refractivity contribution >= 4 is 45.6 Å². The van der Waals surface area contributed by atoms with Crippen LogP contribution in [0.4, 0.5) is 10.8 Å². The van der Waals surface area contributed by atoms with Crippen LogP contribution in [0, 0.1) is 0 Å². The fourth-order valence-electron chi connectivity index (χ4n) is 4.24. The Labute approximate surface area is 183 Å². The molecule has 2 aromatic carbocycles. The van der Waals surface area contributed by atoms with E-state index in [4.69, 9.17) is 11.6 Å². The van der Waals surface area contributed by atoms with Crippen LogP contribution in [0.3, 0.4) is 0 Å². The van der Waals surface area contributed by atoms with E-state index in [1.165, 1.54) is 16.9 Å². The number of aryl methyl sites for hydroxylation is 2. The molecule has 1 N–H and O–H groups in total. The summed E-state index contributed by atoms with van der Waals surface area (Å²) in [5.41, 5.74) is 3.59. The molecular formula is C23H20ClN3O2S. The number of carbonyl (C=O) groups is 2. The maximum Gasteiger partial charge on any atom is 0.257 e. The summed E-state index contributed by atoms with van der Waals surface area (Å²) in [6.45, 7) is 0.742. The molecule has 1 aromatic heterocycles. The number of thiazole rings is 1. The fourth-order valence-corrected chi connectivity index (χ4v) is 5.40. The minimum absolute atomic E-state index is 0.113. The van der Waals surface area contributed by atoms with E-state index in [0.717, 1.165) is 48.5 Å². The van der Waals surface area contributed by atoms with Gasteiger partial charge in [0.05, 0.1) is 11.6 Å². The van der Waals surface area contributed by atoms with Crippen molar-refractivity contribution < 1.29 is 9.59 Å². The van der Waals surface area contributed by atoms with Gasteiger partial charge in [0, 0.05) is 27.7 Å². The van der Waals surface area contributed by atoms with Gasteiger partial charge in [-0.05, 0) is 61.6 Å². The van der Waals surface area contributed by atoms with Crippen LogP contribution in [0.5, 0.6) is 0 Å². The normalized spacial score (nSPS) is 17.4. The van der Waals surface area contributed by atoms with Gasteiger partial charge in [-0.1, -0.05) is 29.8 Å². The molecule has 1 aliphatic heterocycles. The van der Waals surface area contributed by atoms with Gasteiger partial charge >= 0.3 is 0 Å². The van der Waals surface area contributed by atoms with E-state index < -0.39 is 0 Å². The molecule has 1 aliphatic carbocycles. The fraction of sp³-hybridized carbons (Fsp3) is 0.261. The van der Waals surface area contributed by atoms with E-state index >= 15 is 0 Å². The summed E-state index contributed by atoms with van der Waals surface area (Å²) in [4.78, 5) is 33.5. The largest absolute Gasteiger partial charge is 0.312 e. The molecule has 2 amide bonds. The summed E-state index contributed by atoms with van der Waals surface area (Å²) in [7, 11) is 0. The third-order valence-corrected chi connectivity index (χ3v) is 7.02. The van der Waals surface area contributed by atoms with E-state index in [1.807, 2.05) is 23.1 Å². The lowest BCUT2D eigenvalue weighted by molar-refractivity contribution is -0.120. The highest BCUT2D eigenvalue weighted by Gasteiger charge is 2.37. The summed E-state index contributed by atoms with van der Waals surface area (Å²) in [5.74, 6) is -0.364. The first kappa shape index (κ1) is 19.3. The second-order valence-electron chi connectivity index (χ2n) is 7.60. The smallest absolute Gasteiger partial charge is 0.257 e. The average molecular weight is 438 g/mol. The Bertz CT molecular complexity index is 1130. The van der Waals surface area contributed by atoms with Gasteiger partial charge in [0.2, 0.25) is 5.91 Å². The molecule has 2 heterocycles. The molecule has 0 spiro atoms. The maximum atomic E-state index is 13.4. The van der Waals surface area contributed by atoms with Crippen LogP contribution in [0.1, 0.15) is 45.3 Å². The van der Waals surface area contributed by atoms with Crippen molar-refractivity contribution in [2.75, 3.05) is 16.8 Å². The Morgan fingerprint density at radius 2 is 1.90 bits per heavy atom. The van der Waals surface area contributed by atoms with Crippen molar-refractivity contribution in [1.82, 2.24) is 4.98 Å². The van der Waals surface area contributed by atoms with Crippen LogP contribution in [0.2, 0.25) is 5.02 Å². The Kier molecular flexibility index (Phi) is 5.05. The van der Waals surface area contributed by atoms with Crippen molar-refractivity contribution in [1.29, 1.82) is 0 Å². The van der Waals surface area contributed by atoms with Gasteiger partial charge in [0.1, 0.15) is 0 Å². The van der Waals surface area contributed by atoms with Crippen LogP contribution in [-0.4, -0.2) is 23.3 Å². The number of amides is 2. The topological polar surface area (TPSA) is 62.3 Å². The number of nitrogens with zero attached hydrogens (tertiary/aromatic N) is 2. The Hall–Kier alpha value is -2.70. The minimum atomic E-state index is -0.247. The summed E-state index contributed by atoms with van der Waals surface area (Å²) in [6, 6.07) is 14.9. The zero-order chi connectivity index (χ0) is 20.7. The second kappa shape index (κ2) is 7.85. The van der Waals surface area contributed by atoms with Crippen molar-refractivity contribution in [3.05, 3.63) is 75.3 Å². The first-order valence-electron chi connectivity index (χ1n) is 10.1. The van der Waals surface area contributed by atoms with Gasteiger partial charge in [0.15, 0.2) is 5.13 Å². The molecule has 0 saturated carbocycles. The molecule has 152 valence electrons. The van der Waals surface area contributed by atoms with Gasteiger partial charge in [-0.25, -0.2) is 4.98 Å². The SMILES string of the molecule is O=C(Nc1nc2c(s1)CCC2C(=O)N1CCCc2ccccc21)c1ccc(Cl)cc1. The van der Waals surface area contributed by atoms with Crippen molar-refractivity contribution in [3.8, 4) is 0 Å². The van der Waals surface area contributed by atoms with Crippen LogP contribution < -0.4 is 10.2 Å². The number of fused-ring (bicyclic) bond motifs is 2. The third kappa shape index (κ3) is 3.50. The number of anilines is 2. The lowest BCUT2D eigenvalue weighted by Gasteiger charge is -2.31. The van der Waals surface area contributed by atoms with E-state index in [9.17, 15) is 9.59 Å². The van der Waals surface area contributed by atoms with Crippen LogP contribution >= 0.6 is 22.9 Å². The van der Waals surface area contributed by atoms with Gasteiger partial charge in [-0.2, -0.15) is 0 Å². The Balaban J connectivity index is 1.35. The molecule has 7 heteroatoms. The van der Waals surface area contributed by atoms with Gasteiger partial charge in [-0.3, -0.25) is 14.9 Å². The van der Waals surface area contributed by atoms with E-state index in [0.29, 0.717) is 15.7 Å². The lowest BCUT2D eigenvalue weighted by Crippen LogP contribution is -2.38. The monoisotopic (exact) mass is 437 g/mol. The summed E-state index contributed by atoms with van der Waals surface area (Å²) in [5, 5.41) is 3.98. The zero-order valence-corrected chi connectivity index (χ0v) is 17.8. The first-order chi connectivity index (χ1) is 14.6. The highest BCUT2D eigenvalue weighted by Crippen LogP contribution is 2.41.